The lowest BCUT2D eigenvalue weighted by atomic mass is 9.73. The lowest BCUT2D eigenvalue weighted by Crippen LogP contribution is -2.44. The molecular weight excluding hydrogens is 251 g/mol. The van der Waals surface area contributed by atoms with Gasteiger partial charge in [-0.3, -0.25) is 0 Å². The zero-order valence-corrected chi connectivity index (χ0v) is 12.4. The lowest BCUT2D eigenvalue weighted by molar-refractivity contribution is -0.184. The second-order valence-corrected chi connectivity index (χ2v) is 5.81. The molecule has 0 heterocycles. The molecule has 1 rings (SSSR count). The molecule has 0 aromatic rings. The molecule has 0 saturated heterocycles. The van der Waals surface area contributed by atoms with Gasteiger partial charge in [-0.1, -0.05) is 33.6 Å². The van der Waals surface area contributed by atoms with Crippen molar-refractivity contribution in [2.45, 2.75) is 71.5 Å². The highest BCUT2D eigenvalue weighted by atomic mass is 19.4. The summed E-state index contributed by atoms with van der Waals surface area (Å²) in [4.78, 5) is 0. The second-order valence-electron chi connectivity index (χ2n) is 5.81. The maximum Gasteiger partial charge on any atom is 0.391 e. The minimum Gasteiger partial charge on any atom is -0.314 e. The Morgan fingerprint density at radius 2 is 1.53 bits per heavy atom. The summed E-state index contributed by atoms with van der Waals surface area (Å²) in [5.41, 5.74) is 0. The zero-order chi connectivity index (χ0) is 14.5. The molecule has 1 fully saturated rings. The summed E-state index contributed by atoms with van der Waals surface area (Å²) in [6, 6.07) is 0.397. The van der Waals surface area contributed by atoms with Crippen LogP contribution in [-0.4, -0.2) is 18.8 Å². The third-order valence-corrected chi connectivity index (χ3v) is 4.74. The van der Waals surface area contributed by atoms with E-state index in [2.05, 4.69) is 26.1 Å². The van der Waals surface area contributed by atoms with Gasteiger partial charge in [0.15, 0.2) is 0 Å². The Hall–Kier alpha value is -0.250. The van der Waals surface area contributed by atoms with E-state index in [1.165, 1.54) is 0 Å². The average Bonchev–Trinajstić information content (AvgIpc) is 2.38. The number of halogens is 3. The highest BCUT2D eigenvalue weighted by molar-refractivity contribution is 4.87. The van der Waals surface area contributed by atoms with Crippen LogP contribution in [0.2, 0.25) is 0 Å². The lowest BCUT2D eigenvalue weighted by Gasteiger charge is -2.38. The van der Waals surface area contributed by atoms with Crippen molar-refractivity contribution < 1.29 is 13.2 Å². The average molecular weight is 279 g/mol. The van der Waals surface area contributed by atoms with E-state index >= 15 is 0 Å². The number of rotatable bonds is 6. The molecular formula is C15H28F3N. The first-order valence-electron chi connectivity index (χ1n) is 7.74. The van der Waals surface area contributed by atoms with E-state index in [0.29, 0.717) is 30.7 Å². The molecule has 0 aromatic carbocycles. The summed E-state index contributed by atoms with van der Waals surface area (Å²) in [7, 11) is 0. The molecule has 1 aliphatic carbocycles. The molecule has 0 bridgehead atoms. The van der Waals surface area contributed by atoms with E-state index in [4.69, 9.17) is 0 Å². The Balaban J connectivity index is 2.59. The van der Waals surface area contributed by atoms with Crippen LogP contribution in [0, 0.1) is 17.8 Å². The first-order valence-corrected chi connectivity index (χ1v) is 7.74. The fourth-order valence-electron chi connectivity index (χ4n) is 3.56. The van der Waals surface area contributed by atoms with Gasteiger partial charge < -0.3 is 5.32 Å². The van der Waals surface area contributed by atoms with E-state index < -0.39 is 12.1 Å². The van der Waals surface area contributed by atoms with E-state index in [1.54, 1.807) is 0 Å². The number of hydrogen-bond donors (Lipinski definition) is 1. The molecule has 0 amide bonds. The summed E-state index contributed by atoms with van der Waals surface area (Å²) < 4.78 is 38.1. The predicted octanol–water partition coefficient (Wildman–Crippen LogP) is 4.77. The Bertz CT molecular complexity index is 240. The van der Waals surface area contributed by atoms with E-state index in [0.717, 1.165) is 32.2 Å². The maximum absolute atomic E-state index is 12.7. The SMILES string of the molecule is CCNC(C(CC)CC)C1CCC(C(F)(F)F)CC1. The minimum atomic E-state index is -3.99. The van der Waals surface area contributed by atoms with Crippen molar-refractivity contribution in [3.63, 3.8) is 0 Å². The third kappa shape index (κ3) is 4.66. The molecule has 1 nitrogen and oxygen atoms in total. The van der Waals surface area contributed by atoms with Gasteiger partial charge in [-0.05, 0) is 44.1 Å². The van der Waals surface area contributed by atoms with Crippen LogP contribution >= 0.6 is 0 Å². The standard InChI is InChI=1S/C15H28F3N/c1-4-11(5-2)14(19-6-3)12-7-9-13(10-8-12)15(16,17)18/h11-14,19H,4-10H2,1-3H3. The van der Waals surface area contributed by atoms with Crippen LogP contribution in [0.5, 0.6) is 0 Å². The molecule has 1 N–H and O–H groups in total. The quantitative estimate of drug-likeness (QED) is 0.738. The highest BCUT2D eigenvalue weighted by Crippen LogP contribution is 2.41. The van der Waals surface area contributed by atoms with Crippen molar-refractivity contribution >= 4 is 0 Å². The Morgan fingerprint density at radius 1 is 1.00 bits per heavy atom. The van der Waals surface area contributed by atoms with Crippen LogP contribution in [-0.2, 0) is 0 Å². The van der Waals surface area contributed by atoms with Gasteiger partial charge >= 0.3 is 6.18 Å². The highest BCUT2D eigenvalue weighted by Gasteiger charge is 2.42. The van der Waals surface area contributed by atoms with Crippen molar-refractivity contribution in [1.29, 1.82) is 0 Å². The van der Waals surface area contributed by atoms with Crippen molar-refractivity contribution in [2.24, 2.45) is 17.8 Å². The topological polar surface area (TPSA) is 12.0 Å². The molecule has 1 aliphatic rings. The largest absolute Gasteiger partial charge is 0.391 e. The van der Waals surface area contributed by atoms with Crippen LogP contribution in [0.25, 0.3) is 0 Å². The van der Waals surface area contributed by atoms with Crippen molar-refractivity contribution in [2.75, 3.05) is 6.54 Å². The summed E-state index contributed by atoms with van der Waals surface area (Å²) in [6.45, 7) is 7.34. The Kier molecular flexibility index (Phi) is 6.64. The number of hydrogen-bond acceptors (Lipinski definition) is 1. The Labute approximate surface area is 115 Å². The first-order chi connectivity index (χ1) is 8.93. The maximum atomic E-state index is 12.7. The zero-order valence-electron chi connectivity index (χ0n) is 12.4. The van der Waals surface area contributed by atoms with Crippen LogP contribution in [0.15, 0.2) is 0 Å². The van der Waals surface area contributed by atoms with Gasteiger partial charge in [-0.25, -0.2) is 0 Å². The molecule has 19 heavy (non-hydrogen) atoms. The molecule has 0 spiro atoms. The molecule has 0 aromatic heterocycles. The fourth-order valence-corrected chi connectivity index (χ4v) is 3.56. The predicted molar refractivity (Wildman–Crippen MR) is 73.0 cm³/mol. The van der Waals surface area contributed by atoms with Crippen LogP contribution in [0.3, 0.4) is 0 Å². The van der Waals surface area contributed by atoms with Gasteiger partial charge in [0, 0.05) is 6.04 Å². The van der Waals surface area contributed by atoms with Crippen LogP contribution in [0.4, 0.5) is 13.2 Å². The van der Waals surface area contributed by atoms with Crippen LogP contribution < -0.4 is 5.32 Å². The van der Waals surface area contributed by atoms with Gasteiger partial charge in [0.2, 0.25) is 0 Å². The summed E-state index contributed by atoms with van der Waals surface area (Å²) in [5, 5.41) is 3.53. The summed E-state index contributed by atoms with van der Waals surface area (Å²) in [6.07, 6.45) is 0.289. The summed E-state index contributed by atoms with van der Waals surface area (Å²) in [5.74, 6) is -0.0523. The van der Waals surface area contributed by atoms with E-state index in [-0.39, 0.29) is 0 Å². The van der Waals surface area contributed by atoms with Crippen molar-refractivity contribution in [3.05, 3.63) is 0 Å². The molecule has 1 unspecified atom stereocenters. The van der Waals surface area contributed by atoms with E-state index in [1.807, 2.05) is 0 Å². The monoisotopic (exact) mass is 279 g/mol. The third-order valence-electron chi connectivity index (χ3n) is 4.74. The first kappa shape index (κ1) is 16.8. The van der Waals surface area contributed by atoms with Gasteiger partial charge in [0.05, 0.1) is 5.92 Å². The Morgan fingerprint density at radius 3 is 1.89 bits per heavy atom. The molecule has 0 radical (unpaired) electrons. The minimum absolute atomic E-state index is 0.316. The van der Waals surface area contributed by atoms with Crippen molar-refractivity contribution in [3.8, 4) is 0 Å². The normalized spacial score (nSPS) is 26.7. The number of nitrogens with one attached hydrogen (secondary N) is 1. The smallest absolute Gasteiger partial charge is 0.314 e. The van der Waals surface area contributed by atoms with Crippen molar-refractivity contribution in [1.82, 2.24) is 5.32 Å². The summed E-state index contributed by atoms with van der Waals surface area (Å²) >= 11 is 0. The van der Waals surface area contributed by atoms with Gasteiger partial charge in [0.1, 0.15) is 0 Å². The number of alkyl halides is 3. The van der Waals surface area contributed by atoms with E-state index in [9.17, 15) is 13.2 Å². The molecule has 1 saturated carbocycles. The van der Waals surface area contributed by atoms with Gasteiger partial charge in [-0.2, -0.15) is 13.2 Å². The molecule has 114 valence electrons. The molecule has 4 heteroatoms. The molecule has 0 aliphatic heterocycles. The van der Waals surface area contributed by atoms with Gasteiger partial charge in [-0.15, -0.1) is 0 Å². The molecule has 1 atom stereocenters. The second kappa shape index (κ2) is 7.51. The van der Waals surface area contributed by atoms with Gasteiger partial charge in [0.25, 0.3) is 0 Å². The fraction of sp³-hybridized carbons (Fsp3) is 1.00. The van der Waals surface area contributed by atoms with Crippen LogP contribution in [0.1, 0.15) is 59.3 Å².